The van der Waals surface area contributed by atoms with E-state index < -0.39 is 0 Å². The first-order valence-corrected chi connectivity index (χ1v) is 8.91. The maximum absolute atomic E-state index is 12.7. The summed E-state index contributed by atoms with van der Waals surface area (Å²) in [6, 6.07) is 0. The number of pyridine rings is 1. The van der Waals surface area contributed by atoms with Crippen molar-refractivity contribution in [2.75, 3.05) is 0 Å². The van der Waals surface area contributed by atoms with Crippen LogP contribution in [0.1, 0.15) is 98.6 Å². The second-order valence-electron chi connectivity index (χ2n) is 7.20. The molecule has 0 atom stereocenters. The van der Waals surface area contributed by atoms with Crippen molar-refractivity contribution in [2.45, 2.75) is 89.9 Å². The molecule has 0 saturated heterocycles. The molecule has 2 heteroatoms. The van der Waals surface area contributed by atoms with Gasteiger partial charge in [0.15, 0.2) is 5.43 Å². The first kappa shape index (κ1) is 14.9. The average Bonchev–Trinajstić information content (AvgIpc) is 2.55. The van der Waals surface area contributed by atoms with Crippen molar-refractivity contribution in [1.29, 1.82) is 0 Å². The third-order valence-corrected chi connectivity index (χ3v) is 5.79. The molecule has 1 heterocycles. The third kappa shape index (κ3) is 2.95. The number of rotatable bonds is 2. The van der Waals surface area contributed by atoms with Gasteiger partial charge in [0.2, 0.25) is 0 Å². The van der Waals surface area contributed by atoms with E-state index in [0.29, 0.717) is 17.3 Å². The summed E-state index contributed by atoms with van der Waals surface area (Å²) in [7, 11) is 0. The van der Waals surface area contributed by atoms with E-state index in [1.165, 1.54) is 75.6 Å². The van der Waals surface area contributed by atoms with Gasteiger partial charge in [0.05, 0.1) is 0 Å². The molecule has 2 saturated carbocycles. The van der Waals surface area contributed by atoms with Crippen LogP contribution in [0.15, 0.2) is 4.79 Å². The van der Waals surface area contributed by atoms with E-state index in [-0.39, 0.29) is 0 Å². The standard InChI is InChI=1S/C19H29NO/c1-13-17(15-9-5-3-6-10-15)20-18(14(2)19(13)21)16-11-7-4-8-12-16/h15-16H,3-12H2,1-2H3,(H,20,21). The minimum absolute atomic E-state index is 0.301. The van der Waals surface area contributed by atoms with E-state index in [2.05, 4.69) is 4.98 Å². The lowest BCUT2D eigenvalue weighted by Crippen LogP contribution is -2.23. The fourth-order valence-corrected chi connectivity index (χ4v) is 4.46. The summed E-state index contributed by atoms with van der Waals surface area (Å²) in [4.78, 5) is 16.4. The summed E-state index contributed by atoms with van der Waals surface area (Å²) in [5.41, 5.74) is 4.81. The Morgan fingerprint density at radius 1 is 0.714 bits per heavy atom. The van der Waals surface area contributed by atoms with Crippen molar-refractivity contribution < 1.29 is 0 Å². The van der Waals surface area contributed by atoms with Gasteiger partial charge in [-0.1, -0.05) is 38.5 Å². The summed E-state index contributed by atoms with van der Waals surface area (Å²) >= 11 is 0. The van der Waals surface area contributed by atoms with Crippen molar-refractivity contribution >= 4 is 0 Å². The zero-order valence-corrected chi connectivity index (χ0v) is 13.6. The van der Waals surface area contributed by atoms with Crippen LogP contribution in [0, 0.1) is 13.8 Å². The fourth-order valence-electron chi connectivity index (χ4n) is 4.46. The molecule has 0 aliphatic heterocycles. The largest absolute Gasteiger partial charge is 0.361 e. The fraction of sp³-hybridized carbons (Fsp3) is 0.737. The van der Waals surface area contributed by atoms with Crippen molar-refractivity contribution in [1.82, 2.24) is 4.98 Å². The quantitative estimate of drug-likeness (QED) is 0.807. The Labute approximate surface area is 128 Å². The van der Waals surface area contributed by atoms with Gasteiger partial charge in [-0.25, -0.2) is 0 Å². The Balaban J connectivity index is 1.99. The molecule has 3 rings (SSSR count). The van der Waals surface area contributed by atoms with Crippen molar-refractivity contribution in [3.8, 4) is 0 Å². The highest BCUT2D eigenvalue weighted by Gasteiger charge is 2.24. The molecule has 2 aliphatic carbocycles. The van der Waals surface area contributed by atoms with Crippen LogP contribution < -0.4 is 5.43 Å². The minimum atomic E-state index is 0.301. The Hall–Kier alpha value is -1.05. The lowest BCUT2D eigenvalue weighted by Gasteiger charge is -2.28. The van der Waals surface area contributed by atoms with E-state index in [9.17, 15) is 4.79 Å². The molecular weight excluding hydrogens is 258 g/mol. The number of aromatic amines is 1. The highest BCUT2D eigenvalue weighted by atomic mass is 16.1. The van der Waals surface area contributed by atoms with Crippen LogP contribution in [-0.4, -0.2) is 4.98 Å². The van der Waals surface area contributed by atoms with Crippen molar-refractivity contribution in [2.24, 2.45) is 0 Å². The number of hydrogen-bond acceptors (Lipinski definition) is 1. The zero-order valence-electron chi connectivity index (χ0n) is 13.6. The predicted octanol–water partition coefficient (Wildman–Crippen LogP) is 5.09. The Kier molecular flexibility index (Phi) is 4.51. The van der Waals surface area contributed by atoms with Crippen LogP contribution in [0.4, 0.5) is 0 Å². The molecule has 1 N–H and O–H groups in total. The zero-order chi connectivity index (χ0) is 14.8. The average molecular weight is 287 g/mol. The van der Waals surface area contributed by atoms with E-state index in [4.69, 9.17) is 0 Å². The Bertz CT molecular complexity index is 500. The monoisotopic (exact) mass is 287 g/mol. The van der Waals surface area contributed by atoms with Gasteiger partial charge < -0.3 is 4.98 Å². The highest BCUT2D eigenvalue weighted by Crippen LogP contribution is 2.36. The van der Waals surface area contributed by atoms with E-state index in [1.807, 2.05) is 13.8 Å². The number of hydrogen-bond donors (Lipinski definition) is 1. The molecule has 0 spiro atoms. The van der Waals surface area contributed by atoms with Gasteiger partial charge in [-0.3, -0.25) is 4.79 Å². The van der Waals surface area contributed by atoms with Crippen LogP contribution in [0.2, 0.25) is 0 Å². The second kappa shape index (κ2) is 6.37. The molecule has 1 aromatic heterocycles. The van der Waals surface area contributed by atoms with Gasteiger partial charge in [-0.15, -0.1) is 0 Å². The lowest BCUT2D eigenvalue weighted by atomic mass is 9.82. The van der Waals surface area contributed by atoms with Crippen LogP contribution in [0.5, 0.6) is 0 Å². The van der Waals surface area contributed by atoms with E-state index in [1.54, 1.807) is 0 Å². The van der Waals surface area contributed by atoms with Gasteiger partial charge >= 0.3 is 0 Å². The van der Waals surface area contributed by atoms with Gasteiger partial charge in [-0.05, 0) is 51.4 Å². The molecule has 0 radical (unpaired) electrons. The van der Waals surface area contributed by atoms with Crippen LogP contribution in [-0.2, 0) is 0 Å². The topological polar surface area (TPSA) is 32.9 Å². The number of aromatic nitrogens is 1. The maximum atomic E-state index is 12.7. The Morgan fingerprint density at radius 3 is 1.48 bits per heavy atom. The lowest BCUT2D eigenvalue weighted by molar-refractivity contribution is 0.419. The SMILES string of the molecule is Cc1c(C2CCCCC2)[nH]c(C2CCCCC2)c(C)c1=O. The summed E-state index contributed by atoms with van der Waals surface area (Å²) in [5, 5.41) is 0. The number of H-pyrrole nitrogens is 1. The third-order valence-electron chi connectivity index (χ3n) is 5.79. The molecule has 2 aliphatic rings. The molecule has 21 heavy (non-hydrogen) atoms. The summed E-state index contributed by atoms with van der Waals surface area (Å²) in [5.74, 6) is 1.18. The van der Waals surface area contributed by atoms with E-state index >= 15 is 0 Å². The van der Waals surface area contributed by atoms with Gasteiger partial charge in [0.25, 0.3) is 0 Å². The van der Waals surface area contributed by atoms with Crippen molar-refractivity contribution in [3.05, 3.63) is 32.7 Å². The summed E-state index contributed by atoms with van der Waals surface area (Å²) in [6.45, 7) is 4.06. The molecular formula is C19H29NO. The predicted molar refractivity (Wildman–Crippen MR) is 88.2 cm³/mol. The van der Waals surface area contributed by atoms with E-state index in [0.717, 1.165) is 11.1 Å². The molecule has 0 aromatic carbocycles. The molecule has 2 fully saturated rings. The first-order valence-electron chi connectivity index (χ1n) is 8.91. The number of nitrogens with one attached hydrogen (secondary N) is 1. The smallest absolute Gasteiger partial charge is 0.187 e. The van der Waals surface area contributed by atoms with Crippen LogP contribution in [0.3, 0.4) is 0 Å². The van der Waals surface area contributed by atoms with Crippen LogP contribution in [0.25, 0.3) is 0 Å². The normalized spacial score (nSPS) is 21.6. The molecule has 0 amide bonds. The van der Waals surface area contributed by atoms with Crippen LogP contribution >= 0.6 is 0 Å². The first-order chi connectivity index (χ1) is 10.2. The molecule has 1 aromatic rings. The molecule has 0 unspecified atom stereocenters. The molecule has 116 valence electrons. The second-order valence-corrected chi connectivity index (χ2v) is 7.20. The highest BCUT2D eigenvalue weighted by molar-refractivity contribution is 5.33. The van der Waals surface area contributed by atoms with Gasteiger partial charge in [0, 0.05) is 22.5 Å². The minimum Gasteiger partial charge on any atom is -0.361 e. The Morgan fingerprint density at radius 2 is 1.10 bits per heavy atom. The summed E-state index contributed by atoms with van der Waals surface area (Å²) in [6.07, 6.45) is 13.0. The summed E-state index contributed by atoms with van der Waals surface area (Å²) < 4.78 is 0. The maximum Gasteiger partial charge on any atom is 0.187 e. The molecule has 0 bridgehead atoms. The molecule has 2 nitrogen and oxygen atoms in total. The van der Waals surface area contributed by atoms with Gasteiger partial charge in [-0.2, -0.15) is 0 Å². The van der Waals surface area contributed by atoms with Gasteiger partial charge in [0.1, 0.15) is 0 Å². The van der Waals surface area contributed by atoms with Crippen molar-refractivity contribution in [3.63, 3.8) is 0 Å².